The molecule has 0 radical (unpaired) electrons. The van der Waals surface area contributed by atoms with Crippen molar-refractivity contribution < 1.29 is 4.74 Å². The maximum Gasteiger partial charge on any atom is 0.138 e. The Kier molecular flexibility index (Phi) is 5.89. The van der Waals surface area contributed by atoms with Crippen LogP contribution in [0.2, 0.25) is 0 Å². The highest BCUT2D eigenvalue weighted by molar-refractivity contribution is 9.10. The van der Waals surface area contributed by atoms with E-state index >= 15 is 0 Å². The van der Waals surface area contributed by atoms with Crippen molar-refractivity contribution in [3.05, 3.63) is 40.4 Å². The quantitative estimate of drug-likeness (QED) is 0.819. The van der Waals surface area contributed by atoms with E-state index in [-0.39, 0.29) is 5.54 Å². The second-order valence-electron chi connectivity index (χ2n) is 5.21. The summed E-state index contributed by atoms with van der Waals surface area (Å²) < 4.78 is 6.80. The number of hydrogen-bond acceptors (Lipinski definition) is 2. The molecule has 0 fully saturated rings. The molecule has 1 rings (SSSR count). The Hall–Kier alpha value is -0.800. The molecule has 1 aromatic carbocycles. The minimum Gasteiger partial charge on any atom is -0.488 e. The van der Waals surface area contributed by atoms with E-state index in [0.717, 1.165) is 16.8 Å². The Morgan fingerprint density at radius 1 is 1.33 bits per heavy atom. The summed E-state index contributed by atoms with van der Waals surface area (Å²) in [4.78, 5) is 0. The van der Waals surface area contributed by atoms with Crippen molar-refractivity contribution in [2.75, 3.05) is 6.61 Å². The summed E-state index contributed by atoms with van der Waals surface area (Å²) >= 11 is 3.54. The van der Waals surface area contributed by atoms with Crippen molar-refractivity contribution in [2.24, 2.45) is 0 Å². The number of ether oxygens (including phenoxy) is 1. The van der Waals surface area contributed by atoms with E-state index in [1.807, 2.05) is 31.2 Å². The topological polar surface area (TPSA) is 21.3 Å². The van der Waals surface area contributed by atoms with Gasteiger partial charge in [-0.1, -0.05) is 24.3 Å². The van der Waals surface area contributed by atoms with Gasteiger partial charge in [0.2, 0.25) is 0 Å². The standard InChI is InChI=1S/C15H22BrNO/c1-5-6-10-18-14-12(8-7-9-13(14)16)11-17-15(2,3)4/h5-9,17H,10-11H2,1-4H3. The number of nitrogens with one attached hydrogen (secondary N) is 1. The first kappa shape index (κ1) is 15.3. The zero-order valence-corrected chi connectivity index (χ0v) is 13.2. The molecule has 0 saturated carbocycles. The van der Waals surface area contributed by atoms with Crippen molar-refractivity contribution in [3.8, 4) is 5.75 Å². The maximum atomic E-state index is 5.80. The molecule has 3 heteroatoms. The van der Waals surface area contributed by atoms with E-state index in [2.05, 4.69) is 48.1 Å². The number of rotatable bonds is 5. The van der Waals surface area contributed by atoms with Crippen LogP contribution in [0.3, 0.4) is 0 Å². The highest BCUT2D eigenvalue weighted by atomic mass is 79.9. The van der Waals surface area contributed by atoms with Crippen LogP contribution >= 0.6 is 15.9 Å². The molecule has 1 N–H and O–H groups in total. The molecule has 0 amide bonds. The number of hydrogen-bond donors (Lipinski definition) is 1. The lowest BCUT2D eigenvalue weighted by Crippen LogP contribution is -2.35. The Balaban J connectivity index is 2.79. The predicted molar refractivity (Wildman–Crippen MR) is 81.0 cm³/mol. The number of allylic oxidation sites excluding steroid dienone is 1. The molecule has 100 valence electrons. The molecule has 0 aliphatic heterocycles. The molecule has 0 bridgehead atoms. The van der Waals surface area contributed by atoms with Gasteiger partial charge in [-0.25, -0.2) is 0 Å². The van der Waals surface area contributed by atoms with Crippen LogP contribution in [0.4, 0.5) is 0 Å². The highest BCUT2D eigenvalue weighted by Crippen LogP contribution is 2.29. The molecule has 0 aliphatic carbocycles. The second kappa shape index (κ2) is 6.95. The van der Waals surface area contributed by atoms with E-state index in [4.69, 9.17) is 4.74 Å². The Bertz CT molecular complexity index is 407. The average molecular weight is 312 g/mol. The van der Waals surface area contributed by atoms with Gasteiger partial charge < -0.3 is 10.1 Å². The third-order valence-electron chi connectivity index (χ3n) is 2.42. The molecule has 1 aromatic rings. The fraction of sp³-hybridized carbons (Fsp3) is 0.467. The fourth-order valence-electron chi connectivity index (χ4n) is 1.44. The van der Waals surface area contributed by atoms with Gasteiger partial charge in [-0.05, 0) is 49.7 Å². The Morgan fingerprint density at radius 2 is 2.06 bits per heavy atom. The van der Waals surface area contributed by atoms with Crippen LogP contribution in [-0.4, -0.2) is 12.1 Å². The van der Waals surface area contributed by atoms with E-state index in [1.165, 1.54) is 5.56 Å². The SMILES string of the molecule is CC=CCOc1c(Br)cccc1CNC(C)(C)C. The van der Waals surface area contributed by atoms with Crippen molar-refractivity contribution in [3.63, 3.8) is 0 Å². The van der Waals surface area contributed by atoms with E-state index < -0.39 is 0 Å². The molecular weight excluding hydrogens is 290 g/mol. The highest BCUT2D eigenvalue weighted by Gasteiger charge is 2.12. The van der Waals surface area contributed by atoms with Gasteiger partial charge in [0.25, 0.3) is 0 Å². The van der Waals surface area contributed by atoms with Crippen molar-refractivity contribution >= 4 is 15.9 Å². The summed E-state index contributed by atoms with van der Waals surface area (Å²) in [6.07, 6.45) is 3.99. The average Bonchev–Trinajstić information content (AvgIpc) is 2.28. The maximum absolute atomic E-state index is 5.80. The van der Waals surface area contributed by atoms with Crippen LogP contribution in [0.5, 0.6) is 5.75 Å². The summed E-state index contributed by atoms with van der Waals surface area (Å²) in [7, 11) is 0. The van der Waals surface area contributed by atoms with Crippen LogP contribution in [0.1, 0.15) is 33.3 Å². The molecule has 0 aliphatic rings. The third-order valence-corrected chi connectivity index (χ3v) is 3.04. The van der Waals surface area contributed by atoms with Crippen LogP contribution in [-0.2, 0) is 6.54 Å². The Morgan fingerprint density at radius 3 is 2.67 bits per heavy atom. The molecule has 18 heavy (non-hydrogen) atoms. The number of halogens is 1. The normalized spacial score (nSPS) is 12.1. The monoisotopic (exact) mass is 311 g/mol. The summed E-state index contributed by atoms with van der Waals surface area (Å²) in [5.74, 6) is 0.923. The second-order valence-corrected chi connectivity index (χ2v) is 6.07. The van der Waals surface area contributed by atoms with Gasteiger partial charge in [0.15, 0.2) is 0 Å². The molecule has 0 heterocycles. The zero-order valence-electron chi connectivity index (χ0n) is 11.6. The number of para-hydroxylation sites is 1. The molecule has 0 spiro atoms. The zero-order chi connectivity index (χ0) is 13.6. The minimum atomic E-state index is 0.100. The summed E-state index contributed by atoms with van der Waals surface area (Å²) in [6, 6.07) is 6.13. The lowest BCUT2D eigenvalue weighted by Gasteiger charge is -2.22. The van der Waals surface area contributed by atoms with Gasteiger partial charge in [0.05, 0.1) is 4.47 Å². The van der Waals surface area contributed by atoms with Crippen molar-refractivity contribution in [1.82, 2.24) is 5.32 Å². The van der Waals surface area contributed by atoms with Crippen LogP contribution in [0.15, 0.2) is 34.8 Å². The first-order valence-electron chi connectivity index (χ1n) is 6.20. The van der Waals surface area contributed by atoms with Gasteiger partial charge >= 0.3 is 0 Å². The first-order chi connectivity index (χ1) is 8.44. The van der Waals surface area contributed by atoms with Crippen LogP contribution < -0.4 is 10.1 Å². The first-order valence-corrected chi connectivity index (χ1v) is 6.99. The summed E-state index contributed by atoms with van der Waals surface area (Å²) in [5, 5.41) is 3.48. The van der Waals surface area contributed by atoms with Crippen molar-refractivity contribution in [2.45, 2.75) is 39.8 Å². The van der Waals surface area contributed by atoms with Gasteiger partial charge in [-0.3, -0.25) is 0 Å². The van der Waals surface area contributed by atoms with Crippen LogP contribution in [0.25, 0.3) is 0 Å². The number of benzene rings is 1. The van der Waals surface area contributed by atoms with E-state index in [9.17, 15) is 0 Å². The smallest absolute Gasteiger partial charge is 0.138 e. The van der Waals surface area contributed by atoms with Gasteiger partial charge in [0, 0.05) is 17.6 Å². The minimum absolute atomic E-state index is 0.100. The molecular formula is C15H22BrNO. The lowest BCUT2D eigenvalue weighted by molar-refractivity contribution is 0.350. The summed E-state index contributed by atoms with van der Waals surface area (Å²) in [5.41, 5.74) is 1.27. The third kappa shape index (κ3) is 5.23. The molecule has 0 aromatic heterocycles. The molecule has 2 nitrogen and oxygen atoms in total. The molecule has 0 saturated heterocycles. The van der Waals surface area contributed by atoms with E-state index in [1.54, 1.807) is 0 Å². The fourth-order valence-corrected chi connectivity index (χ4v) is 1.96. The predicted octanol–water partition coefficient (Wildman–Crippen LogP) is 4.29. The van der Waals surface area contributed by atoms with Crippen LogP contribution in [0, 0.1) is 0 Å². The van der Waals surface area contributed by atoms with Gasteiger partial charge in [0.1, 0.15) is 12.4 Å². The Labute approximate surface area is 119 Å². The molecule has 0 unspecified atom stereocenters. The lowest BCUT2D eigenvalue weighted by atomic mass is 10.1. The summed E-state index contributed by atoms with van der Waals surface area (Å²) in [6.45, 7) is 9.86. The van der Waals surface area contributed by atoms with Gasteiger partial charge in [-0.15, -0.1) is 0 Å². The molecule has 0 atom stereocenters. The van der Waals surface area contributed by atoms with Gasteiger partial charge in [-0.2, -0.15) is 0 Å². The van der Waals surface area contributed by atoms with Crippen molar-refractivity contribution in [1.29, 1.82) is 0 Å². The largest absolute Gasteiger partial charge is 0.488 e. The van der Waals surface area contributed by atoms with E-state index in [0.29, 0.717) is 6.61 Å².